The first-order valence-electron chi connectivity index (χ1n) is 4.98. The zero-order valence-electron chi connectivity index (χ0n) is 10.2. The predicted molar refractivity (Wildman–Crippen MR) is 60.5 cm³/mol. The maximum atomic E-state index is 11.8. The lowest BCUT2D eigenvalue weighted by molar-refractivity contribution is -0.138. The van der Waals surface area contributed by atoms with Gasteiger partial charge in [-0.05, 0) is 0 Å². The predicted octanol–water partition coefficient (Wildman–Crippen LogP) is -2.34. The number of nitrogens with one attached hydrogen (secondary N) is 1. The third kappa shape index (κ3) is 5.68. The van der Waals surface area contributed by atoms with E-state index in [2.05, 4.69) is 5.32 Å². The van der Waals surface area contributed by atoms with Crippen LogP contribution in [-0.4, -0.2) is 72.5 Å². The van der Waals surface area contributed by atoms with Crippen molar-refractivity contribution in [2.75, 3.05) is 33.7 Å². The molecule has 0 fully saturated rings. The van der Waals surface area contributed by atoms with Crippen LogP contribution < -0.4 is 11.1 Å². The first kappa shape index (κ1) is 15.7. The number of carbonyl (C=O) groups is 4. The number of carboxylic acids is 1. The fourth-order valence-electron chi connectivity index (χ4n) is 1.15. The highest BCUT2D eigenvalue weighted by molar-refractivity contribution is 5.88. The highest BCUT2D eigenvalue weighted by Crippen LogP contribution is 1.97. The first-order chi connectivity index (χ1) is 8.27. The van der Waals surface area contributed by atoms with E-state index in [-0.39, 0.29) is 6.54 Å². The van der Waals surface area contributed by atoms with Crippen molar-refractivity contribution in [3.05, 3.63) is 0 Å². The Morgan fingerprint density at radius 1 is 1.17 bits per heavy atom. The Morgan fingerprint density at radius 2 is 1.72 bits per heavy atom. The van der Waals surface area contributed by atoms with Gasteiger partial charge in [-0.25, -0.2) is 4.79 Å². The van der Waals surface area contributed by atoms with Gasteiger partial charge in [0.25, 0.3) is 0 Å². The second-order valence-corrected chi connectivity index (χ2v) is 3.53. The summed E-state index contributed by atoms with van der Waals surface area (Å²) in [6, 6.07) is -0.764. The molecule has 18 heavy (non-hydrogen) atoms. The number of amides is 4. The minimum atomic E-state index is -1.28. The summed E-state index contributed by atoms with van der Waals surface area (Å²) >= 11 is 0. The van der Waals surface area contributed by atoms with Crippen LogP contribution in [0.3, 0.4) is 0 Å². The number of primary amides is 1. The van der Waals surface area contributed by atoms with Crippen LogP contribution in [0.4, 0.5) is 4.79 Å². The lowest BCUT2D eigenvalue weighted by Crippen LogP contribution is -2.49. The number of nitrogens with zero attached hydrogens (tertiary/aromatic N) is 2. The van der Waals surface area contributed by atoms with Crippen LogP contribution in [0.1, 0.15) is 0 Å². The molecular weight excluding hydrogens is 244 g/mol. The second-order valence-electron chi connectivity index (χ2n) is 3.53. The number of nitrogens with two attached hydrogens (primary N) is 1. The van der Waals surface area contributed by atoms with Gasteiger partial charge in [-0.1, -0.05) is 0 Å². The van der Waals surface area contributed by atoms with E-state index in [1.807, 2.05) is 0 Å². The fraction of sp³-hybridized carbons (Fsp3) is 0.556. The molecule has 9 nitrogen and oxygen atoms in total. The molecule has 0 aliphatic rings. The average Bonchev–Trinajstić information content (AvgIpc) is 2.25. The molecule has 0 rings (SSSR count). The largest absolute Gasteiger partial charge is 0.480 e. The summed E-state index contributed by atoms with van der Waals surface area (Å²) in [5.74, 6) is -2.53. The van der Waals surface area contributed by atoms with Crippen molar-refractivity contribution in [3.63, 3.8) is 0 Å². The van der Waals surface area contributed by atoms with Crippen molar-refractivity contribution in [2.45, 2.75) is 0 Å². The Hall–Kier alpha value is -2.32. The molecule has 0 spiro atoms. The van der Waals surface area contributed by atoms with Crippen LogP contribution in [0.15, 0.2) is 0 Å². The van der Waals surface area contributed by atoms with E-state index < -0.39 is 36.9 Å². The molecule has 0 heterocycles. The van der Waals surface area contributed by atoms with Crippen LogP contribution in [0.5, 0.6) is 0 Å². The van der Waals surface area contributed by atoms with E-state index in [4.69, 9.17) is 10.8 Å². The number of carbonyl (C=O) groups excluding carboxylic acids is 3. The quantitative estimate of drug-likeness (QED) is 0.492. The number of aliphatic carboxylic acids is 1. The topological polar surface area (TPSA) is 133 Å². The molecule has 4 amide bonds. The maximum Gasteiger partial charge on any atom is 0.323 e. The van der Waals surface area contributed by atoms with Crippen molar-refractivity contribution in [1.29, 1.82) is 0 Å². The van der Waals surface area contributed by atoms with Gasteiger partial charge in [0.1, 0.15) is 19.6 Å². The summed E-state index contributed by atoms with van der Waals surface area (Å²) in [6.07, 6.45) is 0. The zero-order valence-corrected chi connectivity index (χ0v) is 10.2. The molecule has 0 aromatic heterocycles. The molecule has 0 atom stereocenters. The Morgan fingerprint density at radius 3 is 2.11 bits per heavy atom. The summed E-state index contributed by atoms with van der Waals surface area (Å²) in [7, 11) is 2.71. The van der Waals surface area contributed by atoms with Crippen LogP contribution in [0, 0.1) is 0 Å². The molecule has 0 radical (unpaired) electrons. The zero-order chi connectivity index (χ0) is 14.3. The summed E-state index contributed by atoms with van der Waals surface area (Å²) in [5.41, 5.74) is 4.91. The number of urea groups is 1. The van der Waals surface area contributed by atoms with Gasteiger partial charge in [0.2, 0.25) is 11.8 Å². The third-order valence-corrected chi connectivity index (χ3v) is 1.93. The van der Waals surface area contributed by atoms with Crippen molar-refractivity contribution in [2.24, 2.45) is 5.73 Å². The molecule has 102 valence electrons. The lowest BCUT2D eigenvalue weighted by atomic mass is 10.4. The monoisotopic (exact) mass is 260 g/mol. The van der Waals surface area contributed by atoms with E-state index in [0.29, 0.717) is 0 Å². The molecule has 0 aliphatic heterocycles. The molecule has 4 N–H and O–H groups in total. The molecular formula is C9H16N4O5. The van der Waals surface area contributed by atoms with Crippen molar-refractivity contribution >= 4 is 23.8 Å². The molecule has 0 bridgehead atoms. The smallest absolute Gasteiger partial charge is 0.323 e. The van der Waals surface area contributed by atoms with Crippen molar-refractivity contribution < 1.29 is 24.3 Å². The van der Waals surface area contributed by atoms with E-state index in [1.54, 1.807) is 0 Å². The van der Waals surface area contributed by atoms with E-state index >= 15 is 0 Å². The summed E-state index contributed by atoms with van der Waals surface area (Å²) in [4.78, 5) is 45.9. The highest BCUT2D eigenvalue weighted by Gasteiger charge is 2.23. The number of carboxylic acid groups (broad SMARTS) is 1. The molecule has 0 unspecified atom stereocenters. The second kappa shape index (κ2) is 7.09. The van der Waals surface area contributed by atoms with E-state index in [9.17, 15) is 19.2 Å². The Labute approximate surface area is 104 Å². The fourth-order valence-corrected chi connectivity index (χ4v) is 1.15. The van der Waals surface area contributed by atoms with Gasteiger partial charge in [-0.15, -0.1) is 0 Å². The summed E-state index contributed by atoms with van der Waals surface area (Å²) in [5, 5.41) is 10.9. The average molecular weight is 260 g/mol. The van der Waals surface area contributed by atoms with E-state index in [0.717, 1.165) is 9.80 Å². The normalized spacial score (nSPS) is 9.44. The van der Waals surface area contributed by atoms with Gasteiger partial charge in [0.05, 0.1) is 0 Å². The third-order valence-electron chi connectivity index (χ3n) is 1.93. The highest BCUT2D eigenvalue weighted by atomic mass is 16.4. The SMILES string of the molecule is CNC(=O)CN(C)C(=O)N(CC(N)=O)CC(=O)O. The Kier molecular flexibility index (Phi) is 6.18. The van der Waals surface area contributed by atoms with Crippen LogP contribution in [0.25, 0.3) is 0 Å². The number of rotatable bonds is 6. The molecule has 0 aliphatic carbocycles. The number of hydrogen-bond acceptors (Lipinski definition) is 4. The number of hydrogen-bond donors (Lipinski definition) is 3. The Bertz CT molecular complexity index is 341. The Balaban J connectivity index is 4.67. The van der Waals surface area contributed by atoms with E-state index in [1.165, 1.54) is 14.1 Å². The van der Waals surface area contributed by atoms with Crippen LogP contribution in [0.2, 0.25) is 0 Å². The van der Waals surface area contributed by atoms with Crippen molar-refractivity contribution in [1.82, 2.24) is 15.1 Å². The first-order valence-corrected chi connectivity index (χ1v) is 4.98. The summed E-state index contributed by atoms with van der Waals surface area (Å²) in [6.45, 7) is -1.44. The standard InChI is InChI=1S/C9H16N4O5/c1-11-7(15)4-12(2)9(18)13(3-6(10)14)5-8(16)17/h3-5H2,1-2H3,(H2,10,14)(H,11,15)(H,16,17). The maximum absolute atomic E-state index is 11.8. The van der Waals surface area contributed by atoms with Gasteiger partial charge in [-0.3, -0.25) is 14.4 Å². The van der Waals surface area contributed by atoms with Gasteiger partial charge in [0.15, 0.2) is 0 Å². The van der Waals surface area contributed by atoms with Gasteiger partial charge < -0.3 is 26.0 Å². The molecule has 0 aromatic carbocycles. The molecule has 0 saturated heterocycles. The van der Waals surface area contributed by atoms with Gasteiger partial charge in [0, 0.05) is 14.1 Å². The molecule has 9 heteroatoms. The summed E-state index contributed by atoms with van der Waals surface area (Å²) < 4.78 is 0. The lowest BCUT2D eigenvalue weighted by Gasteiger charge is -2.25. The minimum Gasteiger partial charge on any atom is -0.480 e. The number of likely N-dealkylation sites (N-methyl/N-ethyl adjacent to an activating group) is 2. The van der Waals surface area contributed by atoms with Gasteiger partial charge >= 0.3 is 12.0 Å². The van der Waals surface area contributed by atoms with Crippen LogP contribution >= 0.6 is 0 Å². The molecule has 0 aromatic rings. The van der Waals surface area contributed by atoms with Crippen LogP contribution in [-0.2, 0) is 14.4 Å². The molecule has 0 saturated carbocycles. The van der Waals surface area contributed by atoms with Crippen molar-refractivity contribution in [3.8, 4) is 0 Å². The minimum absolute atomic E-state index is 0.246. The van der Waals surface area contributed by atoms with Gasteiger partial charge in [-0.2, -0.15) is 0 Å².